The second kappa shape index (κ2) is 8.51. The molecule has 2 saturated heterocycles. The van der Waals surface area contributed by atoms with E-state index in [1.807, 2.05) is 29.2 Å². The van der Waals surface area contributed by atoms with E-state index in [1.165, 1.54) is 0 Å². The minimum absolute atomic E-state index is 0.370. The van der Waals surface area contributed by atoms with Crippen LogP contribution in [0.1, 0.15) is 0 Å². The van der Waals surface area contributed by atoms with Crippen LogP contribution in [-0.4, -0.2) is 70.5 Å². The van der Waals surface area contributed by atoms with E-state index in [0.717, 1.165) is 51.6 Å². The Hall–Kier alpha value is -2.09. The van der Waals surface area contributed by atoms with E-state index in [4.69, 9.17) is 16.3 Å². The molecule has 2 aromatic carbocycles. The van der Waals surface area contributed by atoms with Gasteiger partial charge in [0.1, 0.15) is 11.4 Å². The minimum atomic E-state index is -0.394. The molecule has 0 spiro atoms. The number of nitrogens with one attached hydrogen (secondary N) is 1. The maximum absolute atomic E-state index is 12.2. The van der Waals surface area contributed by atoms with Gasteiger partial charge in [0.05, 0.1) is 13.2 Å². The quantitative estimate of drug-likeness (QED) is 0.721. The van der Waals surface area contributed by atoms with E-state index in [2.05, 4.69) is 15.1 Å². The largest absolute Gasteiger partial charge is 0.379 e. The monoisotopic (exact) mass is 404 g/mol. The van der Waals surface area contributed by atoms with Crippen molar-refractivity contribution in [2.24, 2.45) is 0 Å². The second-order valence-corrected chi connectivity index (χ2v) is 7.65. The van der Waals surface area contributed by atoms with Gasteiger partial charge in [-0.05, 0) is 18.2 Å². The van der Waals surface area contributed by atoms with Crippen LogP contribution in [0, 0.1) is 0 Å². The van der Waals surface area contributed by atoms with Crippen molar-refractivity contribution in [3.05, 3.63) is 49.7 Å². The summed E-state index contributed by atoms with van der Waals surface area (Å²) >= 11 is 6.09. The lowest BCUT2D eigenvalue weighted by Gasteiger charge is -2.38. The Kier molecular flexibility index (Phi) is 5.85. The summed E-state index contributed by atoms with van der Waals surface area (Å²) in [5.74, 6) is 0. The molecule has 0 bridgehead atoms. The van der Waals surface area contributed by atoms with Crippen molar-refractivity contribution in [1.29, 1.82) is 0 Å². The standard InChI is InChI=1S/C20H25ClN4O3/c21-15-2-1-3-16(14-15)24-6-8-25(9-7-24)18-17(19(26)20(18)27)22-4-5-23-10-12-28-13-11-23/h1-3,14,22H,4-13H2. The summed E-state index contributed by atoms with van der Waals surface area (Å²) in [6.45, 7) is 7.79. The van der Waals surface area contributed by atoms with Crippen LogP contribution in [0.25, 0.3) is 0 Å². The number of morpholine rings is 1. The SMILES string of the molecule is O=c1c(NCCN2CCOCC2)c(N2CCN(c3cccc(Cl)c3)CC2)c1=O. The molecule has 2 fully saturated rings. The zero-order chi connectivity index (χ0) is 19.5. The van der Waals surface area contributed by atoms with Gasteiger partial charge >= 0.3 is 0 Å². The topological polar surface area (TPSA) is 65.1 Å². The lowest BCUT2D eigenvalue weighted by molar-refractivity contribution is 0.0398. The van der Waals surface area contributed by atoms with E-state index in [-0.39, 0.29) is 5.43 Å². The van der Waals surface area contributed by atoms with E-state index >= 15 is 0 Å². The smallest absolute Gasteiger partial charge is 0.253 e. The third-order valence-electron chi connectivity index (χ3n) is 5.49. The van der Waals surface area contributed by atoms with Crippen LogP contribution in [0.3, 0.4) is 0 Å². The molecule has 4 rings (SSSR count). The first kappa shape index (κ1) is 19.2. The maximum Gasteiger partial charge on any atom is 0.253 e. The Morgan fingerprint density at radius 1 is 0.964 bits per heavy atom. The highest BCUT2D eigenvalue weighted by Crippen LogP contribution is 2.25. The number of hydrogen-bond acceptors (Lipinski definition) is 7. The van der Waals surface area contributed by atoms with Crippen LogP contribution < -0.4 is 26.0 Å². The van der Waals surface area contributed by atoms with E-state index < -0.39 is 5.43 Å². The highest BCUT2D eigenvalue weighted by molar-refractivity contribution is 6.30. The zero-order valence-corrected chi connectivity index (χ0v) is 16.6. The van der Waals surface area contributed by atoms with Crippen LogP contribution >= 0.6 is 11.6 Å². The van der Waals surface area contributed by atoms with Crippen LogP contribution in [0.2, 0.25) is 5.02 Å². The molecule has 28 heavy (non-hydrogen) atoms. The van der Waals surface area contributed by atoms with Crippen LogP contribution in [-0.2, 0) is 4.74 Å². The first-order chi connectivity index (χ1) is 13.6. The highest BCUT2D eigenvalue weighted by Gasteiger charge is 2.28. The lowest BCUT2D eigenvalue weighted by Crippen LogP contribution is -2.52. The summed E-state index contributed by atoms with van der Waals surface area (Å²) in [5, 5.41) is 3.92. The van der Waals surface area contributed by atoms with Crippen LogP contribution in [0.15, 0.2) is 33.9 Å². The molecule has 150 valence electrons. The fraction of sp³-hybridized carbons (Fsp3) is 0.500. The van der Waals surface area contributed by atoms with E-state index in [1.54, 1.807) is 0 Å². The average Bonchev–Trinajstić information content (AvgIpc) is 2.74. The summed E-state index contributed by atoms with van der Waals surface area (Å²) < 4.78 is 5.35. The number of halogens is 1. The molecule has 0 atom stereocenters. The molecule has 2 aliphatic heterocycles. The van der Waals surface area contributed by atoms with Crippen molar-refractivity contribution >= 4 is 28.7 Å². The average molecular weight is 405 g/mol. The van der Waals surface area contributed by atoms with Gasteiger partial charge in [0.25, 0.3) is 10.9 Å². The first-order valence-corrected chi connectivity index (χ1v) is 10.1. The molecule has 2 aromatic rings. The third-order valence-corrected chi connectivity index (χ3v) is 5.72. The van der Waals surface area contributed by atoms with Gasteiger partial charge in [0.2, 0.25) is 0 Å². The number of benzene rings is 1. The molecule has 0 aliphatic carbocycles. The summed E-state index contributed by atoms with van der Waals surface area (Å²) in [6, 6.07) is 7.79. The fourth-order valence-corrected chi connectivity index (χ4v) is 4.05. The van der Waals surface area contributed by atoms with Crippen molar-refractivity contribution in [1.82, 2.24) is 4.90 Å². The Morgan fingerprint density at radius 2 is 1.68 bits per heavy atom. The molecule has 2 aliphatic rings. The molecule has 8 heteroatoms. The molecule has 0 unspecified atom stereocenters. The highest BCUT2D eigenvalue weighted by atomic mass is 35.5. The lowest BCUT2D eigenvalue weighted by atomic mass is 10.1. The summed E-state index contributed by atoms with van der Waals surface area (Å²) in [6.07, 6.45) is 0. The maximum atomic E-state index is 12.2. The van der Waals surface area contributed by atoms with Crippen LogP contribution in [0.5, 0.6) is 0 Å². The Morgan fingerprint density at radius 3 is 2.39 bits per heavy atom. The predicted molar refractivity (Wildman–Crippen MR) is 113 cm³/mol. The van der Waals surface area contributed by atoms with Crippen molar-refractivity contribution in [2.45, 2.75) is 0 Å². The number of hydrogen-bond donors (Lipinski definition) is 1. The number of piperazine rings is 1. The molecular weight excluding hydrogens is 380 g/mol. The van der Waals surface area contributed by atoms with Gasteiger partial charge in [-0.3, -0.25) is 14.5 Å². The van der Waals surface area contributed by atoms with Gasteiger partial charge in [0.15, 0.2) is 0 Å². The minimum Gasteiger partial charge on any atom is -0.379 e. The van der Waals surface area contributed by atoms with Crippen molar-refractivity contribution < 1.29 is 4.74 Å². The normalized spacial score (nSPS) is 18.6. The molecule has 0 aromatic heterocycles. The Bertz CT molecular complexity index is 882. The first-order valence-electron chi connectivity index (χ1n) is 9.76. The van der Waals surface area contributed by atoms with Gasteiger partial charge in [-0.15, -0.1) is 0 Å². The third kappa shape index (κ3) is 4.01. The van der Waals surface area contributed by atoms with E-state index in [9.17, 15) is 9.59 Å². The van der Waals surface area contributed by atoms with Gasteiger partial charge in [0, 0.05) is 63.1 Å². The van der Waals surface area contributed by atoms with Crippen LogP contribution in [0.4, 0.5) is 17.1 Å². The van der Waals surface area contributed by atoms with Gasteiger partial charge < -0.3 is 19.9 Å². The van der Waals surface area contributed by atoms with Gasteiger partial charge in [-0.1, -0.05) is 17.7 Å². The Labute approximate surface area is 169 Å². The van der Waals surface area contributed by atoms with Crippen molar-refractivity contribution in [3.63, 3.8) is 0 Å². The molecule has 1 N–H and O–H groups in total. The number of ether oxygens (including phenoxy) is 1. The zero-order valence-electron chi connectivity index (χ0n) is 15.8. The van der Waals surface area contributed by atoms with Crippen molar-refractivity contribution in [2.75, 3.05) is 80.7 Å². The fourth-order valence-electron chi connectivity index (χ4n) is 3.87. The number of rotatable bonds is 6. The Balaban J connectivity index is 1.34. The molecule has 0 radical (unpaired) electrons. The van der Waals surface area contributed by atoms with Gasteiger partial charge in [-0.2, -0.15) is 0 Å². The molecule has 2 heterocycles. The van der Waals surface area contributed by atoms with Crippen molar-refractivity contribution in [3.8, 4) is 0 Å². The number of nitrogens with zero attached hydrogens (tertiary/aromatic N) is 3. The number of anilines is 3. The summed E-state index contributed by atoms with van der Waals surface area (Å²) in [5.41, 5.74) is 1.35. The summed E-state index contributed by atoms with van der Waals surface area (Å²) in [4.78, 5) is 30.8. The summed E-state index contributed by atoms with van der Waals surface area (Å²) in [7, 11) is 0. The molecular formula is C20H25ClN4O3. The van der Waals surface area contributed by atoms with Gasteiger partial charge in [-0.25, -0.2) is 0 Å². The molecule has 0 saturated carbocycles. The second-order valence-electron chi connectivity index (χ2n) is 7.22. The predicted octanol–water partition coefficient (Wildman–Crippen LogP) is 1.01. The molecule has 0 amide bonds. The molecule has 7 nitrogen and oxygen atoms in total. The van der Waals surface area contributed by atoms with E-state index in [0.29, 0.717) is 36.0 Å².